The van der Waals surface area contributed by atoms with Crippen LogP contribution in [0.3, 0.4) is 0 Å². The number of pyridine rings is 1. The molecular weight excluding hydrogens is 306 g/mol. The zero-order valence-corrected chi connectivity index (χ0v) is 12.0. The van der Waals surface area contributed by atoms with Crippen molar-refractivity contribution in [3.8, 4) is 5.88 Å². The van der Waals surface area contributed by atoms with Gasteiger partial charge in [-0.1, -0.05) is 13.8 Å². The minimum atomic E-state index is -2.49. The minimum absolute atomic E-state index is 0.259. The van der Waals surface area contributed by atoms with Gasteiger partial charge in [-0.2, -0.15) is 0 Å². The van der Waals surface area contributed by atoms with Crippen LogP contribution in [-0.2, 0) is 6.54 Å². The van der Waals surface area contributed by atoms with E-state index in [0.29, 0.717) is 12.5 Å². The van der Waals surface area contributed by atoms with E-state index in [1.54, 1.807) is 0 Å². The Kier molecular flexibility index (Phi) is 6.49. The molecular formula is C12H17BrF2N2O. The van der Waals surface area contributed by atoms with Gasteiger partial charge in [0, 0.05) is 22.8 Å². The van der Waals surface area contributed by atoms with Crippen molar-refractivity contribution in [3.05, 3.63) is 22.3 Å². The van der Waals surface area contributed by atoms with Crippen molar-refractivity contribution in [3.63, 3.8) is 0 Å². The number of hydrogen-bond donors (Lipinski definition) is 1. The first kappa shape index (κ1) is 15.3. The molecule has 0 aliphatic carbocycles. The van der Waals surface area contributed by atoms with Crippen molar-refractivity contribution < 1.29 is 13.5 Å². The molecule has 0 saturated carbocycles. The van der Waals surface area contributed by atoms with Crippen molar-refractivity contribution in [1.29, 1.82) is 0 Å². The standard InChI is InChI=1S/C12H17BrF2N2O/c1-8(2)4-16-5-9-3-10(13)6-17-12(9)18-7-11(14)15/h3,6,8,11,16H,4-5,7H2,1-2H3. The number of ether oxygens (including phenoxy) is 1. The summed E-state index contributed by atoms with van der Waals surface area (Å²) in [6.45, 7) is 4.95. The quantitative estimate of drug-likeness (QED) is 0.836. The minimum Gasteiger partial charge on any atom is -0.471 e. The van der Waals surface area contributed by atoms with E-state index in [-0.39, 0.29) is 5.88 Å². The van der Waals surface area contributed by atoms with E-state index < -0.39 is 13.0 Å². The molecule has 3 nitrogen and oxygen atoms in total. The molecule has 1 N–H and O–H groups in total. The second-order valence-corrected chi connectivity index (χ2v) is 5.26. The number of alkyl halides is 2. The summed E-state index contributed by atoms with van der Waals surface area (Å²) in [5.74, 6) is 0.783. The first-order valence-electron chi connectivity index (χ1n) is 5.75. The molecule has 6 heteroatoms. The van der Waals surface area contributed by atoms with Crippen LogP contribution in [0.4, 0.5) is 8.78 Å². The molecule has 0 aromatic carbocycles. The van der Waals surface area contributed by atoms with Crippen LogP contribution in [0, 0.1) is 5.92 Å². The zero-order valence-electron chi connectivity index (χ0n) is 10.4. The third-order valence-corrected chi connectivity index (χ3v) is 2.54. The SMILES string of the molecule is CC(C)CNCc1cc(Br)cnc1OCC(F)F. The Hall–Kier alpha value is -0.750. The lowest BCUT2D eigenvalue weighted by atomic mass is 10.2. The van der Waals surface area contributed by atoms with Gasteiger partial charge in [0.05, 0.1) is 0 Å². The molecule has 0 saturated heterocycles. The molecule has 18 heavy (non-hydrogen) atoms. The first-order valence-corrected chi connectivity index (χ1v) is 6.54. The summed E-state index contributed by atoms with van der Waals surface area (Å²) in [4.78, 5) is 4.01. The van der Waals surface area contributed by atoms with E-state index in [2.05, 4.69) is 40.1 Å². The summed E-state index contributed by atoms with van der Waals surface area (Å²) in [5.41, 5.74) is 0.769. The van der Waals surface area contributed by atoms with Crippen molar-refractivity contribution >= 4 is 15.9 Å². The first-order chi connectivity index (χ1) is 8.49. The molecule has 0 aliphatic rings. The summed E-state index contributed by atoms with van der Waals surface area (Å²) in [7, 11) is 0. The lowest BCUT2D eigenvalue weighted by molar-refractivity contribution is 0.0790. The summed E-state index contributed by atoms with van der Waals surface area (Å²) in [6, 6.07) is 1.82. The number of rotatable bonds is 7. The predicted molar refractivity (Wildman–Crippen MR) is 70.0 cm³/mol. The number of halogens is 3. The van der Waals surface area contributed by atoms with Crippen LogP contribution in [0.1, 0.15) is 19.4 Å². The normalized spacial score (nSPS) is 11.3. The highest BCUT2D eigenvalue weighted by atomic mass is 79.9. The fraction of sp³-hybridized carbons (Fsp3) is 0.583. The van der Waals surface area contributed by atoms with Gasteiger partial charge in [-0.25, -0.2) is 13.8 Å². The maximum Gasteiger partial charge on any atom is 0.272 e. The van der Waals surface area contributed by atoms with Crippen molar-refractivity contribution in [2.45, 2.75) is 26.8 Å². The third-order valence-electron chi connectivity index (χ3n) is 2.11. The van der Waals surface area contributed by atoms with E-state index >= 15 is 0 Å². The molecule has 1 aromatic rings. The maximum absolute atomic E-state index is 12.1. The van der Waals surface area contributed by atoms with Crippen molar-refractivity contribution in [1.82, 2.24) is 10.3 Å². The van der Waals surface area contributed by atoms with Gasteiger partial charge >= 0.3 is 0 Å². The molecule has 0 amide bonds. The lowest BCUT2D eigenvalue weighted by Gasteiger charge is -2.12. The van der Waals surface area contributed by atoms with Crippen molar-refractivity contribution in [2.75, 3.05) is 13.2 Å². The van der Waals surface area contributed by atoms with Gasteiger partial charge in [-0.3, -0.25) is 0 Å². The lowest BCUT2D eigenvalue weighted by Crippen LogP contribution is -2.20. The number of nitrogens with zero attached hydrogens (tertiary/aromatic N) is 1. The molecule has 0 radical (unpaired) electrons. The molecule has 1 aromatic heterocycles. The highest BCUT2D eigenvalue weighted by molar-refractivity contribution is 9.10. The highest BCUT2D eigenvalue weighted by Crippen LogP contribution is 2.20. The Balaban J connectivity index is 2.64. The summed E-state index contributed by atoms with van der Waals surface area (Å²) >= 11 is 3.30. The fourth-order valence-corrected chi connectivity index (χ4v) is 1.74. The fourth-order valence-electron chi connectivity index (χ4n) is 1.36. The Labute approximate surface area is 114 Å². The van der Waals surface area contributed by atoms with E-state index in [0.717, 1.165) is 16.6 Å². The van der Waals surface area contributed by atoms with Crippen LogP contribution in [-0.4, -0.2) is 24.6 Å². The molecule has 0 atom stereocenters. The molecule has 0 fully saturated rings. The average molecular weight is 323 g/mol. The van der Waals surface area contributed by atoms with Gasteiger partial charge in [0.2, 0.25) is 5.88 Å². The van der Waals surface area contributed by atoms with Gasteiger partial charge in [0.1, 0.15) is 0 Å². The smallest absolute Gasteiger partial charge is 0.272 e. The average Bonchev–Trinajstić information content (AvgIpc) is 2.27. The molecule has 102 valence electrons. The van der Waals surface area contributed by atoms with Crippen LogP contribution in [0.5, 0.6) is 5.88 Å². The Morgan fingerprint density at radius 2 is 2.17 bits per heavy atom. The highest BCUT2D eigenvalue weighted by Gasteiger charge is 2.10. The molecule has 1 heterocycles. The molecule has 0 unspecified atom stereocenters. The van der Waals surface area contributed by atoms with Crippen LogP contribution in [0.15, 0.2) is 16.7 Å². The van der Waals surface area contributed by atoms with E-state index in [1.807, 2.05) is 6.07 Å². The summed E-state index contributed by atoms with van der Waals surface area (Å²) in [6.07, 6.45) is -0.959. The van der Waals surface area contributed by atoms with Crippen LogP contribution in [0.25, 0.3) is 0 Å². The van der Waals surface area contributed by atoms with Gasteiger partial charge in [-0.05, 0) is 34.5 Å². The zero-order chi connectivity index (χ0) is 13.5. The predicted octanol–water partition coefficient (Wildman–Crippen LogP) is 3.23. The Bertz CT molecular complexity index is 375. The maximum atomic E-state index is 12.1. The second-order valence-electron chi connectivity index (χ2n) is 4.34. The largest absolute Gasteiger partial charge is 0.471 e. The van der Waals surface area contributed by atoms with Crippen LogP contribution < -0.4 is 10.1 Å². The molecule has 0 bridgehead atoms. The number of hydrogen-bond acceptors (Lipinski definition) is 3. The van der Waals surface area contributed by atoms with Crippen molar-refractivity contribution in [2.24, 2.45) is 5.92 Å². The Morgan fingerprint density at radius 3 is 2.78 bits per heavy atom. The van der Waals surface area contributed by atoms with Crippen LogP contribution >= 0.6 is 15.9 Å². The monoisotopic (exact) mass is 322 g/mol. The second kappa shape index (κ2) is 7.63. The topological polar surface area (TPSA) is 34.2 Å². The Morgan fingerprint density at radius 1 is 1.44 bits per heavy atom. The summed E-state index contributed by atoms with van der Waals surface area (Å²) < 4.78 is 30.0. The number of aromatic nitrogens is 1. The number of nitrogens with one attached hydrogen (secondary N) is 1. The van der Waals surface area contributed by atoms with Gasteiger partial charge < -0.3 is 10.1 Å². The van der Waals surface area contributed by atoms with E-state index in [1.165, 1.54) is 6.20 Å². The third kappa shape index (κ3) is 5.73. The van der Waals surface area contributed by atoms with Crippen LogP contribution in [0.2, 0.25) is 0 Å². The molecule has 0 spiro atoms. The van der Waals surface area contributed by atoms with E-state index in [4.69, 9.17) is 4.74 Å². The van der Waals surface area contributed by atoms with Gasteiger partial charge in [0.25, 0.3) is 6.43 Å². The molecule has 1 rings (SSSR count). The van der Waals surface area contributed by atoms with Gasteiger partial charge in [0.15, 0.2) is 6.61 Å². The van der Waals surface area contributed by atoms with Gasteiger partial charge in [-0.15, -0.1) is 0 Å². The van der Waals surface area contributed by atoms with E-state index in [9.17, 15) is 8.78 Å². The summed E-state index contributed by atoms with van der Waals surface area (Å²) in [5, 5.41) is 3.23. The molecule has 0 aliphatic heterocycles.